The van der Waals surface area contributed by atoms with Crippen molar-refractivity contribution in [2.75, 3.05) is 5.32 Å². The van der Waals surface area contributed by atoms with Gasteiger partial charge < -0.3 is 10.5 Å². The minimum absolute atomic E-state index is 0.00799. The van der Waals surface area contributed by atoms with Crippen molar-refractivity contribution in [1.82, 2.24) is 0 Å². The third-order valence-corrected chi connectivity index (χ3v) is 2.45. The van der Waals surface area contributed by atoms with Crippen LogP contribution in [0.2, 0.25) is 0 Å². The molecule has 0 heterocycles. The highest BCUT2D eigenvalue weighted by atomic mass is 19.4. The number of carbonyl (C=O) groups is 1. The van der Waals surface area contributed by atoms with Gasteiger partial charge in [-0.2, -0.15) is 13.2 Å². The summed E-state index contributed by atoms with van der Waals surface area (Å²) in [6, 6.07) is 2.61. The molecule has 0 unspecified atom stereocenters. The van der Waals surface area contributed by atoms with E-state index in [1.807, 2.05) is 0 Å². The Labute approximate surface area is 121 Å². The molecule has 0 aromatic heterocycles. The van der Waals surface area contributed by atoms with Crippen molar-refractivity contribution < 1.29 is 22.7 Å². The zero-order valence-electron chi connectivity index (χ0n) is 12.3. The molecule has 1 rings (SSSR count). The predicted molar refractivity (Wildman–Crippen MR) is 73.9 cm³/mol. The maximum Gasteiger partial charge on any atom is 0.416 e. The molecule has 0 radical (unpaired) electrons. The normalized spacial score (nSPS) is 13.7. The van der Waals surface area contributed by atoms with Gasteiger partial charge in [-0.1, -0.05) is 0 Å². The van der Waals surface area contributed by atoms with Crippen molar-refractivity contribution in [2.24, 2.45) is 5.73 Å². The van der Waals surface area contributed by atoms with E-state index < -0.39 is 29.5 Å². The Morgan fingerprint density at radius 3 is 2.24 bits per heavy atom. The molecule has 0 spiro atoms. The number of ether oxygens (including phenoxy) is 1. The summed E-state index contributed by atoms with van der Waals surface area (Å²) in [5, 5.41) is 2.29. The number of halogens is 3. The van der Waals surface area contributed by atoms with Crippen LogP contribution in [0.3, 0.4) is 0 Å². The Morgan fingerprint density at radius 1 is 1.24 bits per heavy atom. The van der Waals surface area contributed by atoms with Crippen LogP contribution in [0.15, 0.2) is 18.2 Å². The Kier molecular flexibility index (Phi) is 4.88. The van der Waals surface area contributed by atoms with E-state index in [-0.39, 0.29) is 11.3 Å². The summed E-state index contributed by atoms with van der Waals surface area (Å²) in [7, 11) is 0. The third kappa shape index (κ3) is 5.63. The van der Waals surface area contributed by atoms with Gasteiger partial charge in [0.05, 0.1) is 5.56 Å². The number of hydrogen-bond acceptors (Lipinski definition) is 3. The fourth-order valence-electron chi connectivity index (χ4n) is 1.57. The lowest BCUT2D eigenvalue weighted by molar-refractivity contribution is -0.137. The Hall–Kier alpha value is -1.76. The zero-order chi connectivity index (χ0) is 16.4. The Morgan fingerprint density at radius 2 is 1.81 bits per heavy atom. The van der Waals surface area contributed by atoms with Gasteiger partial charge in [0.25, 0.3) is 0 Å². The topological polar surface area (TPSA) is 64.3 Å². The van der Waals surface area contributed by atoms with Gasteiger partial charge in [-0.3, -0.25) is 5.32 Å². The largest absolute Gasteiger partial charge is 0.444 e. The number of amides is 1. The summed E-state index contributed by atoms with van der Waals surface area (Å²) >= 11 is 0. The molecule has 0 fully saturated rings. The minimum atomic E-state index is -4.52. The number of benzene rings is 1. The second kappa shape index (κ2) is 5.93. The Balaban J connectivity index is 3.07. The fourth-order valence-corrected chi connectivity index (χ4v) is 1.57. The molecule has 1 atom stereocenters. The van der Waals surface area contributed by atoms with E-state index in [4.69, 9.17) is 10.5 Å². The van der Waals surface area contributed by atoms with Gasteiger partial charge in [0, 0.05) is 11.7 Å². The van der Waals surface area contributed by atoms with E-state index in [9.17, 15) is 18.0 Å². The summed E-state index contributed by atoms with van der Waals surface area (Å²) in [6.45, 7) is 6.54. The lowest BCUT2D eigenvalue weighted by Gasteiger charge is -2.20. The van der Waals surface area contributed by atoms with Crippen LogP contribution in [0.1, 0.15) is 44.9 Å². The number of nitrogens with two attached hydrogens (primary N) is 1. The van der Waals surface area contributed by atoms with Crippen molar-refractivity contribution in [1.29, 1.82) is 0 Å². The maximum absolute atomic E-state index is 12.8. The third-order valence-electron chi connectivity index (χ3n) is 2.45. The molecule has 3 N–H and O–H groups in total. The SMILES string of the molecule is C[C@@H](N)c1cc(NC(=O)OC(C)(C)C)cc(C(F)(F)F)c1. The molecule has 0 aliphatic rings. The minimum Gasteiger partial charge on any atom is -0.444 e. The number of hydrogen-bond donors (Lipinski definition) is 2. The number of rotatable bonds is 2. The highest BCUT2D eigenvalue weighted by molar-refractivity contribution is 5.85. The summed E-state index contributed by atoms with van der Waals surface area (Å²) in [4.78, 5) is 11.6. The molecule has 0 saturated heterocycles. The van der Waals surface area contributed by atoms with E-state index >= 15 is 0 Å². The van der Waals surface area contributed by atoms with Crippen molar-refractivity contribution in [3.8, 4) is 0 Å². The first-order chi connectivity index (χ1) is 9.38. The average Bonchev–Trinajstić information content (AvgIpc) is 2.24. The van der Waals surface area contributed by atoms with Crippen LogP contribution >= 0.6 is 0 Å². The summed E-state index contributed by atoms with van der Waals surface area (Å²) in [6.07, 6.45) is -5.34. The molecule has 0 saturated carbocycles. The quantitative estimate of drug-likeness (QED) is 0.865. The number of alkyl halides is 3. The molecule has 0 aliphatic heterocycles. The van der Waals surface area contributed by atoms with Gasteiger partial charge in [-0.25, -0.2) is 4.79 Å². The zero-order valence-corrected chi connectivity index (χ0v) is 12.3. The van der Waals surface area contributed by atoms with E-state index in [0.717, 1.165) is 12.1 Å². The van der Waals surface area contributed by atoms with Crippen LogP contribution < -0.4 is 11.1 Å². The van der Waals surface area contributed by atoms with Crippen LogP contribution in [0.4, 0.5) is 23.7 Å². The van der Waals surface area contributed by atoms with Gasteiger partial charge >= 0.3 is 12.3 Å². The van der Waals surface area contributed by atoms with Crippen LogP contribution in [-0.4, -0.2) is 11.7 Å². The van der Waals surface area contributed by atoms with Crippen molar-refractivity contribution >= 4 is 11.8 Å². The summed E-state index contributed by atoms with van der Waals surface area (Å²) in [5.41, 5.74) is 4.27. The molecule has 4 nitrogen and oxygen atoms in total. The molecule has 7 heteroatoms. The standard InChI is InChI=1S/C14H19F3N2O2/c1-8(18)9-5-10(14(15,16)17)7-11(6-9)19-12(20)21-13(2,3)4/h5-8H,18H2,1-4H3,(H,19,20)/t8-/m1/s1. The fraction of sp³-hybridized carbons (Fsp3) is 0.500. The van der Waals surface area contributed by atoms with Crippen molar-refractivity contribution in [3.05, 3.63) is 29.3 Å². The lowest BCUT2D eigenvalue weighted by atomic mass is 10.0. The molecule has 1 aromatic rings. The first-order valence-electron chi connectivity index (χ1n) is 6.36. The van der Waals surface area contributed by atoms with Gasteiger partial charge in [0.2, 0.25) is 0 Å². The van der Waals surface area contributed by atoms with Gasteiger partial charge in [-0.05, 0) is 51.5 Å². The molecule has 1 amide bonds. The number of carbonyl (C=O) groups excluding carboxylic acids is 1. The smallest absolute Gasteiger partial charge is 0.416 e. The van der Waals surface area contributed by atoms with E-state index in [1.54, 1.807) is 27.7 Å². The molecule has 21 heavy (non-hydrogen) atoms. The van der Waals surface area contributed by atoms with Crippen molar-refractivity contribution in [2.45, 2.75) is 45.5 Å². The van der Waals surface area contributed by atoms with E-state index in [1.165, 1.54) is 6.07 Å². The Bertz CT molecular complexity index is 520. The first-order valence-corrected chi connectivity index (χ1v) is 6.36. The van der Waals surface area contributed by atoms with E-state index in [2.05, 4.69) is 5.32 Å². The van der Waals surface area contributed by atoms with Crippen LogP contribution in [0.5, 0.6) is 0 Å². The monoisotopic (exact) mass is 304 g/mol. The van der Waals surface area contributed by atoms with Crippen LogP contribution in [0.25, 0.3) is 0 Å². The first kappa shape index (κ1) is 17.3. The number of nitrogens with one attached hydrogen (secondary N) is 1. The predicted octanol–water partition coefficient (Wildman–Crippen LogP) is 4.07. The molecule has 0 aliphatic carbocycles. The second-order valence-corrected chi connectivity index (χ2v) is 5.76. The molecule has 1 aromatic carbocycles. The van der Waals surface area contributed by atoms with Gasteiger partial charge in [0.1, 0.15) is 5.60 Å². The summed E-state index contributed by atoms with van der Waals surface area (Å²) in [5.74, 6) is 0. The maximum atomic E-state index is 12.8. The lowest BCUT2D eigenvalue weighted by Crippen LogP contribution is -2.27. The molecule has 0 bridgehead atoms. The highest BCUT2D eigenvalue weighted by Gasteiger charge is 2.31. The molecular formula is C14H19F3N2O2. The van der Waals surface area contributed by atoms with E-state index in [0.29, 0.717) is 0 Å². The highest BCUT2D eigenvalue weighted by Crippen LogP contribution is 2.33. The average molecular weight is 304 g/mol. The van der Waals surface area contributed by atoms with Gasteiger partial charge in [-0.15, -0.1) is 0 Å². The number of anilines is 1. The van der Waals surface area contributed by atoms with Crippen LogP contribution in [0, 0.1) is 0 Å². The molecule has 118 valence electrons. The van der Waals surface area contributed by atoms with Crippen LogP contribution in [-0.2, 0) is 10.9 Å². The summed E-state index contributed by atoms with van der Waals surface area (Å²) < 4.78 is 43.5. The second-order valence-electron chi connectivity index (χ2n) is 5.76. The van der Waals surface area contributed by atoms with Crippen molar-refractivity contribution in [3.63, 3.8) is 0 Å². The van der Waals surface area contributed by atoms with Gasteiger partial charge in [0.15, 0.2) is 0 Å². The molecular weight excluding hydrogens is 285 g/mol.